The van der Waals surface area contributed by atoms with Gasteiger partial charge in [0.2, 0.25) is 0 Å². The lowest BCUT2D eigenvalue weighted by molar-refractivity contribution is -0.145. The van der Waals surface area contributed by atoms with Crippen molar-refractivity contribution in [3.8, 4) is 0 Å². The Hall–Kier alpha value is -1.09. The summed E-state index contributed by atoms with van der Waals surface area (Å²) in [6.07, 6.45) is 3.78. The van der Waals surface area contributed by atoms with E-state index in [9.17, 15) is 14.3 Å². The highest BCUT2D eigenvalue weighted by Crippen LogP contribution is 2.43. The molecule has 1 aromatic rings. The summed E-state index contributed by atoms with van der Waals surface area (Å²) >= 11 is 6.03. The Morgan fingerprint density at radius 1 is 1.33 bits per heavy atom. The molecule has 0 saturated heterocycles. The molecule has 0 aliphatic heterocycles. The highest BCUT2D eigenvalue weighted by Gasteiger charge is 2.43. The van der Waals surface area contributed by atoms with Gasteiger partial charge in [-0.3, -0.25) is 4.79 Å². The zero-order chi connectivity index (χ0) is 13.3. The zero-order valence-corrected chi connectivity index (χ0v) is 11.1. The van der Waals surface area contributed by atoms with Crippen LogP contribution >= 0.6 is 11.6 Å². The van der Waals surface area contributed by atoms with Crippen LogP contribution in [0.15, 0.2) is 12.1 Å². The molecule has 0 radical (unpaired) electrons. The molecule has 1 aliphatic carbocycles. The van der Waals surface area contributed by atoms with Gasteiger partial charge in [0.05, 0.1) is 10.4 Å². The number of aryl methyl sites for hydroxylation is 1. The Kier molecular flexibility index (Phi) is 3.62. The summed E-state index contributed by atoms with van der Waals surface area (Å²) in [4.78, 5) is 11.6. The van der Waals surface area contributed by atoms with Crippen LogP contribution in [-0.4, -0.2) is 11.1 Å². The molecule has 0 atom stereocenters. The molecule has 1 aliphatic rings. The van der Waals surface area contributed by atoms with Gasteiger partial charge in [0.25, 0.3) is 0 Å². The summed E-state index contributed by atoms with van der Waals surface area (Å²) in [5.74, 6) is -1.40. The number of benzene rings is 1. The maximum atomic E-state index is 13.9. The van der Waals surface area contributed by atoms with Crippen molar-refractivity contribution in [2.24, 2.45) is 0 Å². The molecule has 0 heterocycles. The molecular formula is C14H16ClFO2. The average Bonchev–Trinajstić information content (AvgIpc) is 2.37. The highest BCUT2D eigenvalue weighted by molar-refractivity contribution is 6.32. The van der Waals surface area contributed by atoms with E-state index in [1.165, 1.54) is 0 Å². The van der Waals surface area contributed by atoms with Crippen LogP contribution in [0.5, 0.6) is 0 Å². The second-order valence-corrected chi connectivity index (χ2v) is 5.38. The predicted octanol–water partition coefficient (Wildman–Crippen LogP) is 4.07. The van der Waals surface area contributed by atoms with E-state index in [-0.39, 0.29) is 5.02 Å². The Morgan fingerprint density at radius 3 is 2.50 bits per heavy atom. The summed E-state index contributed by atoms with van der Waals surface area (Å²) in [6, 6.07) is 3.27. The summed E-state index contributed by atoms with van der Waals surface area (Å²) in [6.45, 7) is 1.62. The largest absolute Gasteiger partial charge is 0.481 e. The molecule has 2 nitrogen and oxygen atoms in total. The second kappa shape index (κ2) is 4.88. The van der Waals surface area contributed by atoms with Crippen LogP contribution in [0, 0.1) is 12.7 Å². The lowest BCUT2D eigenvalue weighted by atomic mass is 9.69. The fourth-order valence-electron chi connectivity index (χ4n) is 2.77. The minimum atomic E-state index is -1.01. The molecule has 4 heteroatoms. The summed E-state index contributed by atoms with van der Waals surface area (Å²) in [5, 5.41) is 9.52. The first-order valence-electron chi connectivity index (χ1n) is 6.17. The predicted molar refractivity (Wildman–Crippen MR) is 68.5 cm³/mol. The van der Waals surface area contributed by atoms with Gasteiger partial charge in [-0.1, -0.05) is 43.0 Å². The van der Waals surface area contributed by atoms with Crippen molar-refractivity contribution in [2.45, 2.75) is 44.4 Å². The van der Waals surface area contributed by atoms with Gasteiger partial charge in [-0.05, 0) is 30.9 Å². The lowest BCUT2D eigenvalue weighted by Crippen LogP contribution is -2.38. The van der Waals surface area contributed by atoms with E-state index >= 15 is 0 Å². The zero-order valence-electron chi connectivity index (χ0n) is 10.3. The molecule has 0 amide bonds. The number of rotatable bonds is 2. The van der Waals surface area contributed by atoms with E-state index in [1.807, 2.05) is 0 Å². The topological polar surface area (TPSA) is 37.3 Å². The number of carbonyl (C=O) groups is 1. The molecular weight excluding hydrogens is 255 g/mol. The van der Waals surface area contributed by atoms with Gasteiger partial charge in [0.15, 0.2) is 0 Å². The Morgan fingerprint density at radius 2 is 1.94 bits per heavy atom. The van der Waals surface area contributed by atoms with Crippen molar-refractivity contribution in [3.05, 3.63) is 34.1 Å². The summed E-state index contributed by atoms with van der Waals surface area (Å²) in [7, 11) is 0. The van der Waals surface area contributed by atoms with Gasteiger partial charge in [-0.15, -0.1) is 0 Å². The summed E-state index contributed by atoms with van der Waals surface area (Å²) < 4.78 is 13.9. The highest BCUT2D eigenvalue weighted by atomic mass is 35.5. The Bertz CT molecular complexity index is 479. The van der Waals surface area contributed by atoms with Crippen LogP contribution in [0.1, 0.15) is 43.2 Å². The third-order valence-electron chi connectivity index (χ3n) is 3.91. The molecule has 1 fully saturated rings. The quantitative estimate of drug-likeness (QED) is 0.879. The molecule has 0 spiro atoms. The number of hydrogen-bond donors (Lipinski definition) is 1. The van der Waals surface area contributed by atoms with Gasteiger partial charge in [0.1, 0.15) is 5.82 Å². The first kappa shape index (κ1) is 13.3. The van der Waals surface area contributed by atoms with E-state index < -0.39 is 17.2 Å². The van der Waals surface area contributed by atoms with Crippen molar-refractivity contribution in [1.29, 1.82) is 0 Å². The fraction of sp³-hybridized carbons (Fsp3) is 0.500. The molecule has 0 aromatic heterocycles. The smallest absolute Gasteiger partial charge is 0.314 e. The number of carboxylic acid groups (broad SMARTS) is 1. The second-order valence-electron chi connectivity index (χ2n) is 5.01. The van der Waals surface area contributed by atoms with Crippen LogP contribution < -0.4 is 0 Å². The van der Waals surface area contributed by atoms with Crippen LogP contribution in [-0.2, 0) is 10.2 Å². The number of hydrogen-bond acceptors (Lipinski definition) is 1. The average molecular weight is 271 g/mol. The van der Waals surface area contributed by atoms with Gasteiger partial charge in [-0.25, -0.2) is 4.39 Å². The van der Waals surface area contributed by atoms with Crippen LogP contribution in [0.25, 0.3) is 0 Å². The monoisotopic (exact) mass is 270 g/mol. The van der Waals surface area contributed by atoms with Crippen molar-refractivity contribution in [3.63, 3.8) is 0 Å². The van der Waals surface area contributed by atoms with Crippen LogP contribution in [0.2, 0.25) is 5.02 Å². The Labute approximate surface area is 111 Å². The van der Waals surface area contributed by atoms with Crippen molar-refractivity contribution in [2.75, 3.05) is 0 Å². The van der Waals surface area contributed by atoms with E-state index in [0.717, 1.165) is 19.3 Å². The number of carboxylic acids is 1. The lowest BCUT2D eigenvalue weighted by Gasteiger charge is -2.34. The van der Waals surface area contributed by atoms with Gasteiger partial charge >= 0.3 is 5.97 Å². The molecule has 1 saturated carbocycles. The van der Waals surface area contributed by atoms with Crippen molar-refractivity contribution in [1.82, 2.24) is 0 Å². The molecule has 18 heavy (non-hydrogen) atoms. The molecule has 1 aromatic carbocycles. The maximum absolute atomic E-state index is 13.9. The van der Waals surface area contributed by atoms with Gasteiger partial charge in [0, 0.05) is 0 Å². The van der Waals surface area contributed by atoms with E-state index in [4.69, 9.17) is 11.6 Å². The SMILES string of the molecule is Cc1ccc(C2(C(=O)O)CCCCC2)c(Cl)c1F. The molecule has 0 unspecified atom stereocenters. The maximum Gasteiger partial charge on any atom is 0.314 e. The third-order valence-corrected chi connectivity index (χ3v) is 4.28. The van der Waals surface area contributed by atoms with Crippen molar-refractivity contribution >= 4 is 17.6 Å². The van der Waals surface area contributed by atoms with Crippen LogP contribution in [0.3, 0.4) is 0 Å². The molecule has 1 N–H and O–H groups in total. The first-order valence-corrected chi connectivity index (χ1v) is 6.55. The van der Waals surface area contributed by atoms with E-state index in [0.29, 0.717) is 24.0 Å². The van der Waals surface area contributed by atoms with Gasteiger partial charge < -0.3 is 5.11 Å². The fourth-order valence-corrected chi connectivity index (χ4v) is 3.16. The van der Waals surface area contributed by atoms with Crippen LogP contribution in [0.4, 0.5) is 4.39 Å². The van der Waals surface area contributed by atoms with E-state index in [2.05, 4.69) is 0 Å². The number of halogens is 2. The summed E-state index contributed by atoms with van der Waals surface area (Å²) in [5.41, 5.74) is -0.135. The minimum absolute atomic E-state index is 0.0284. The molecule has 0 bridgehead atoms. The Balaban J connectivity index is 2.56. The molecule has 2 rings (SSSR count). The third kappa shape index (κ3) is 2.01. The number of aliphatic carboxylic acids is 1. The molecule has 98 valence electrons. The van der Waals surface area contributed by atoms with Gasteiger partial charge in [-0.2, -0.15) is 0 Å². The minimum Gasteiger partial charge on any atom is -0.481 e. The first-order chi connectivity index (χ1) is 8.49. The standard InChI is InChI=1S/C14H16ClFO2/c1-9-5-6-10(11(15)12(9)16)14(13(17)18)7-3-2-4-8-14/h5-6H,2-4,7-8H2,1H3,(H,17,18). The van der Waals surface area contributed by atoms with E-state index in [1.54, 1.807) is 19.1 Å². The van der Waals surface area contributed by atoms with Crippen molar-refractivity contribution < 1.29 is 14.3 Å². The normalized spacial score (nSPS) is 18.6.